The molecule has 1 fully saturated rings. The molecule has 1 saturated carbocycles. The van der Waals surface area contributed by atoms with E-state index in [0.29, 0.717) is 16.8 Å². The van der Waals surface area contributed by atoms with E-state index in [9.17, 15) is 23.7 Å². The van der Waals surface area contributed by atoms with E-state index in [-0.39, 0.29) is 17.6 Å². The van der Waals surface area contributed by atoms with Gasteiger partial charge in [-0.15, -0.1) is 6.42 Å². The smallest absolute Gasteiger partial charge is 0.342 e. The van der Waals surface area contributed by atoms with E-state index in [4.69, 9.17) is 16.1 Å². The summed E-state index contributed by atoms with van der Waals surface area (Å²) in [4.78, 5) is 27.9. The fourth-order valence-electron chi connectivity index (χ4n) is 4.37. The van der Waals surface area contributed by atoms with E-state index in [0.717, 1.165) is 31.4 Å². The molecule has 34 heavy (non-hydrogen) atoms. The van der Waals surface area contributed by atoms with Crippen LogP contribution < -0.4 is 4.74 Å². The van der Waals surface area contributed by atoms with Gasteiger partial charge in [-0.2, -0.15) is 0 Å². The third-order valence-electron chi connectivity index (χ3n) is 6.45. The number of carbonyl (C=O) groups is 1. The van der Waals surface area contributed by atoms with Gasteiger partial charge in [-0.1, -0.05) is 51.2 Å². The van der Waals surface area contributed by atoms with Crippen LogP contribution in [0.3, 0.4) is 0 Å². The Labute approximate surface area is 200 Å². The highest BCUT2D eigenvalue weighted by Crippen LogP contribution is 2.44. The zero-order chi connectivity index (χ0) is 25.0. The maximum absolute atomic E-state index is 13.7. The molecule has 0 bridgehead atoms. The second-order valence-electron chi connectivity index (χ2n) is 9.13. The third-order valence-corrected chi connectivity index (χ3v) is 7.89. The number of pyridine rings is 1. The van der Waals surface area contributed by atoms with Gasteiger partial charge in [0, 0.05) is 17.2 Å². The summed E-state index contributed by atoms with van der Waals surface area (Å²) < 4.78 is 31.5. The van der Waals surface area contributed by atoms with Crippen LogP contribution in [0.5, 0.6) is 5.75 Å². The number of esters is 1. The molecular formula is C26H31FNO5P. The first-order chi connectivity index (χ1) is 16.1. The number of aliphatic hydroxyl groups is 1. The highest BCUT2D eigenvalue weighted by molar-refractivity contribution is 7.42. The molecule has 3 unspecified atom stereocenters. The highest BCUT2D eigenvalue weighted by atomic mass is 31.1. The van der Waals surface area contributed by atoms with Crippen LogP contribution >= 0.6 is 8.03 Å². The Bertz CT molecular complexity index is 1100. The molecule has 1 aliphatic carbocycles. The number of hydrogen-bond acceptors (Lipinski definition) is 5. The summed E-state index contributed by atoms with van der Waals surface area (Å²) in [5.41, 5.74) is 2.48. The lowest BCUT2D eigenvalue weighted by Gasteiger charge is -2.28. The SMILES string of the molecule is C#CC(C(=O)Oc1c(-c2ccc(F)cc2)cc(C2CCCCC2)nc1C(C)C)(C(C)O)[PH](=O)O. The molecule has 0 aliphatic heterocycles. The van der Waals surface area contributed by atoms with Gasteiger partial charge in [-0.3, -0.25) is 9.55 Å². The molecule has 182 valence electrons. The summed E-state index contributed by atoms with van der Waals surface area (Å²) in [7, 11) is -3.72. The van der Waals surface area contributed by atoms with Crippen LogP contribution in [0.2, 0.25) is 0 Å². The number of ether oxygens (including phenoxy) is 1. The van der Waals surface area contributed by atoms with Crippen molar-refractivity contribution in [3.05, 3.63) is 47.5 Å². The molecule has 1 aromatic heterocycles. The fraction of sp³-hybridized carbons (Fsp3) is 0.462. The Kier molecular flexibility index (Phi) is 8.30. The molecule has 0 radical (unpaired) electrons. The topological polar surface area (TPSA) is 96.7 Å². The first-order valence-electron chi connectivity index (χ1n) is 11.5. The van der Waals surface area contributed by atoms with Crippen LogP contribution in [0.4, 0.5) is 4.39 Å². The minimum atomic E-state index is -3.72. The van der Waals surface area contributed by atoms with Crippen LogP contribution in [0.15, 0.2) is 30.3 Å². The van der Waals surface area contributed by atoms with Crippen molar-refractivity contribution >= 4 is 14.0 Å². The van der Waals surface area contributed by atoms with Gasteiger partial charge in [0.25, 0.3) is 0 Å². The Hall–Kier alpha value is -2.52. The van der Waals surface area contributed by atoms with Gasteiger partial charge in [0.1, 0.15) is 5.82 Å². The van der Waals surface area contributed by atoms with Gasteiger partial charge >= 0.3 is 5.97 Å². The molecule has 0 spiro atoms. The fourth-order valence-corrected chi connectivity index (χ4v) is 5.08. The molecule has 2 aromatic rings. The standard InChI is InChI=1S/C26H31FNO5P/c1-5-26(17(4)29,34(31)32)25(30)33-24-21(18-11-13-20(27)14-12-18)15-22(28-23(24)16(2)3)19-9-7-6-8-10-19/h1,11-17,19,29,34H,6-10H2,2-4H3,(H,31,32). The molecule has 0 saturated heterocycles. The second-order valence-corrected chi connectivity index (χ2v) is 10.5. The Balaban J connectivity index is 2.21. The molecule has 6 nitrogen and oxygen atoms in total. The largest absolute Gasteiger partial charge is 0.422 e. The van der Waals surface area contributed by atoms with Crippen molar-refractivity contribution in [3.63, 3.8) is 0 Å². The van der Waals surface area contributed by atoms with Crippen molar-refractivity contribution in [2.75, 3.05) is 0 Å². The summed E-state index contributed by atoms with van der Waals surface area (Å²) >= 11 is 0. The normalized spacial score (nSPS) is 18.1. The average molecular weight is 488 g/mol. The summed E-state index contributed by atoms with van der Waals surface area (Å²) in [5.74, 6) is 0.576. The molecule has 3 rings (SSSR count). The number of benzene rings is 1. The molecule has 1 aromatic carbocycles. The highest BCUT2D eigenvalue weighted by Gasteiger charge is 2.49. The summed E-state index contributed by atoms with van der Waals surface area (Å²) in [5, 5.41) is 7.75. The van der Waals surface area contributed by atoms with Gasteiger partial charge in [0.15, 0.2) is 5.75 Å². The number of carbonyl (C=O) groups excluding carboxylic acids is 1. The molecule has 2 N–H and O–H groups in total. The number of hydrogen-bond donors (Lipinski definition) is 2. The Morgan fingerprint density at radius 1 is 1.24 bits per heavy atom. The van der Waals surface area contributed by atoms with E-state index < -0.39 is 31.1 Å². The number of aliphatic hydroxyl groups excluding tert-OH is 1. The van der Waals surface area contributed by atoms with Gasteiger partial charge in [-0.05, 0) is 49.4 Å². The van der Waals surface area contributed by atoms with Crippen LogP contribution in [0, 0.1) is 18.2 Å². The maximum atomic E-state index is 13.7. The van der Waals surface area contributed by atoms with Crippen molar-refractivity contribution < 1.29 is 28.5 Å². The average Bonchev–Trinajstić information content (AvgIpc) is 2.80. The molecule has 0 amide bonds. The quantitative estimate of drug-likeness (QED) is 0.317. The molecule has 3 atom stereocenters. The number of halogens is 1. The number of terminal acetylenes is 1. The predicted molar refractivity (Wildman–Crippen MR) is 130 cm³/mol. The van der Waals surface area contributed by atoms with E-state index in [1.165, 1.54) is 25.5 Å². The van der Waals surface area contributed by atoms with Crippen molar-refractivity contribution in [1.29, 1.82) is 0 Å². The van der Waals surface area contributed by atoms with Crippen LogP contribution in [-0.2, 0) is 9.36 Å². The van der Waals surface area contributed by atoms with Crippen LogP contribution in [0.1, 0.15) is 76.1 Å². The lowest BCUT2D eigenvalue weighted by atomic mass is 9.85. The zero-order valence-corrected chi connectivity index (χ0v) is 20.7. The van der Waals surface area contributed by atoms with Crippen molar-refractivity contribution in [3.8, 4) is 29.2 Å². The van der Waals surface area contributed by atoms with E-state index in [1.54, 1.807) is 12.1 Å². The Morgan fingerprint density at radius 3 is 2.35 bits per heavy atom. The number of nitrogens with zero attached hydrogens (tertiary/aromatic N) is 1. The van der Waals surface area contributed by atoms with Gasteiger partial charge < -0.3 is 14.7 Å². The summed E-state index contributed by atoms with van der Waals surface area (Å²) in [6.45, 7) is 4.97. The van der Waals surface area contributed by atoms with E-state index >= 15 is 0 Å². The second kappa shape index (κ2) is 10.8. The third kappa shape index (κ3) is 5.10. The van der Waals surface area contributed by atoms with Gasteiger partial charge in [0.05, 0.1) is 11.8 Å². The number of aromatic nitrogens is 1. The minimum absolute atomic E-state index is 0.0923. The first-order valence-corrected chi connectivity index (χ1v) is 12.9. The van der Waals surface area contributed by atoms with Crippen molar-refractivity contribution in [2.24, 2.45) is 0 Å². The number of rotatable bonds is 7. The van der Waals surface area contributed by atoms with Crippen LogP contribution in [-0.4, -0.2) is 32.2 Å². The minimum Gasteiger partial charge on any atom is -0.422 e. The predicted octanol–water partition coefficient (Wildman–Crippen LogP) is 5.18. The summed E-state index contributed by atoms with van der Waals surface area (Å²) in [6, 6.07) is 7.62. The lowest BCUT2D eigenvalue weighted by Crippen LogP contribution is -2.46. The molecule has 1 heterocycles. The zero-order valence-electron chi connectivity index (χ0n) is 19.7. The van der Waals surface area contributed by atoms with E-state index in [1.807, 2.05) is 25.8 Å². The Morgan fingerprint density at radius 2 is 1.85 bits per heavy atom. The van der Waals surface area contributed by atoms with E-state index in [2.05, 4.69) is 0 Å². The lowest BCUT2D eigenvalue weighted by molar-refractivity contribution is -0.138. The van der Waals surface area contributed by atoms with Crippen molar-refractivity contribution in [2.45, 2.75) is 76.0 Å². The first kappa shape index (κ1) is 26.1. The van der Waals surface area contributed by atoms with Crippen molar-refractivity contribution in [1.82, 2.24) is 4.98 Å². The van der Waals surface area contributed by atoms with Gasteiger partial charge in [-0.25, -0.2) is 9.18 Å². The molecule has 1 aliphatic rings. The summed E-state index contributed by atoms with van der Waals surface area (Å²) in [6.07, 6.45) is 9.23. The molecule has 8 heteroatoms. The monoisotopic (exact) mass is 487 g/mol. The van der Waals surface area contributed by atoms with Gasteiger partial charge in [0.2, 0.25) is 13.2 Å². The van der Waals surface area contributed by atoms with Crippen LogP contribution in [0.25, 0.3) is 11.1 Å². The molecular weight excluding hydrogens is 456 g/mol. The maximum Gasteiger partial charge on any atom is 0.342 e.